The van der Waals surface area contributed by atoms with Crippen LogP contribution in [0.2, 0.25) is 0 Å². The van der Waals surface area contributed by atoms with Crippen molar-refractivity contribution in [2.24, 2.45) is 14.1 Å². The van der Waals surface area contributed by atoms with E-state index in [2.05, 4.69) is 32.9 Å². The molecule has 3 aromatic rings. The van der Waals surface area contributed by atoms with Crippen molar-refractivity contribution < 1.29 is 9.53 Å². The van der Waals surface area contributed by atoms with E-state index in [0.717, 1.165) is 41.7 Å². The van der Waals surface area contributed by atoms with Crippen LogP contribution in [0.25, 0.3) is 10.9 Å². The Morgan fingerprint density at radius 2 is 1.91 bits per heavy atom. The van der Waals surface area contributed by atoms with E-state index in [1.165, 1.54) is 19.3 Å². The average molecular weight is 436 g/mol. The fourth-order valence-electron chi connectivity index (χ4n) is 5.38. The number of ether oxygens (including phenoxy) is 1. The van der Waals surface area contributed by atoms with Crippen molar-refractivity contribution >= 4 is 16.8 Å². The molecule has 2 aliphatic rings. The fourth-order valence-corrected chi connectivity index (χ4v) is 5.38. The maximum absolute atomic E-state index is 13.7. The van der Waals surface area contributed by atoms with Crippen LogP contribution >= 0.6 is 0 Å². The van der Waals surface area contributed by atoms with Gasteiger partial charge in [0.05, 0.1) is 31.4 Å². The number of hydrogen-bond donors (Lipinski definition) is 0. The lowest BCUT2D eigenvalue weighted by Gasteiger charge is -2.43. The molecule has 2 fully saturated rings. The predicted molar refractivity (Wildman–Crippen MR) is 124 cm³/mol. The lowest BCUT2D eigenvalue weighted by molar-refractivity contribution is -0.148. The van der Waals surface area contributed by atoms with Crippen molar-refractivity contribution in [3.63, 3.8) is 0 Å². The number of aryl methyl sites for hydroxylation is 2. The van der Waals surface area contributed by atoms with Crippen molar-refractivity contribution in [2.75, 3.05) is 32.8 Å². The monoisotopic (exact) mass is 435 g/mol. The van der Waals surface area contributed by atoms with Gasteiger partial charge in [-0.1, -0.05) is 24.6 Å². The summed E-state index contributed by atoms with van der Waals surface area (Å²) >= 11 is 0. The first-order valence-corrected chi connectivity index (χ1v) is 11.7. The summed E-state index contributed by atoms with van der Waals surface area (Å²) in [6.45, 7) is 4.28. The minimum Gasteiger partial charge on any atom is -0.373 e. The quantitative estimate of drug-likeness (QED) is 0.618. The van der Waals surface area contributed by atoms with Gasteiger partial charge < -0.3 is 19.1 Å². The highest BCUT2D eigenvalue weighted by Crippen LogP contribution is 2.32. The number of piperidine rings is 1. The number of likely N-dealkylation sites (tertiary alicyclic amines) is 1. The van der Waals surface area contributed by atoms with Crippen molar-refractivity contribution in [1.29, 1.82) is 0 Å². The zero-order valence-electron chi connectivity index (χ0n) is 19.1. The first kappa shape index (κ1) is 21.2. The van der Waals surface area contributed by atoms with E-state index in [9.17, 15) is 4.79 Å². The molecule has 170 valence electrons. The van der Waals surface area contributed by atoms with Gasteiger partial charge in [0.15, 0.2) is 0 Å². The number of carbonyl (C=O) groups is 1. The van der Waals surface area contributed by atoms with Crippen LogP contribution in [0, 0.1) is 0 Å². The molecule has 0 N–H and O–H groups in total. The van der Waals surface area contributed by atoms with Gasteiger partial charge in [0.2, 0.25) is 5.91 Å². The number of aromatic nitrogens is 3. The standard InChI is InChI=1S/C25H33N5O2/c1-27-16-19(21-8-4-5-9-22(21)27)14-24(31)30-12-13-32-23(18-29-10-6-3-7-11-29)25(30)20-15-26-28(2)17-20/h4-5,8-9,15-17,23,25H,3,6-7,10-14,18H2,1-2H3/t23-,25-/m0/s1. The molecule has 1 amide bonds. The molecular weight excluding hydrogens is 402 g/mol. The smallest absolute Gasteiger partial charge is 0.227 e. The highest BCUT2D eigenvalue weighted by atomic mass is 16.5. The highest BCUT2D eigenvalue weighted by molar-refractivity contribution is 5.89. The number of nitrogens with zero attached hydrogens (tertiary/aromatic N) is 5. The molecule has 5 rings (SSSR count). The van der Waals surface area contributed by atoms with Crippen LogP contribution in [0.4, 0.5) is 0 Å². The molecule has 2 atom stereocenters. The van der Waals surface area contributed by atoms with Crippen LogP contribution < -0.4 is 0 Å². The number of morpholine rings is 1. The van der Waals surface area contributed by atoms with Crippen LogP contribution in [-0.4, -0.2) is 68.9 Å². The van der Waals surface area contributed by atoms with Crippen LogP contribution in [0.3, 0.4) is 0 Å². The highest BCUT2D eigenvalue weighted by Gasteiger charge is 2.38. The van der Waals surface area contributed by atoms with Crippen LogP contribution in [-0.2, 0) is 30.0 Å². The average Bonchev–Trinajstić information content (AvgIpc) is 3.37. The van der Waals surface area contributed by atoms with Gasteiger partial charge in [0.1, 0.15) is 0 Å². The summed E-state index contributed by atoms with van der Waals surface area (Å²) in [6, 6.07) is 8.18. The van der Waals surface area contributed by atoms with Gasteiger partial charge in [0.25, 0.3) is 0 Å². The zero-order chi connectivity index (χ0) is 22.1. The third kappa shape index (κ3) is 4.19. The van der Waals surface area contributed by atoms with E-state index in [1.54, 1.807) is 0 Å². The maximum Gasteiger partial charge on any atom is 0.227 e. The Hall–Kier alpha value is -2.64. The molecule has 4 heterocycles. The van der Waals surface area contributed by atoms with Gasteiger partial charge in [-0.15, -0.1) is 0 Å². The third-order valence-corrected chi connectivity index (χ3v) is 6.95. The lowest BCUT2D eigenvalue weighted by atomic mass is 9.98. The Morgan fingerprint density at radius 1 is 1.09 bits per heavy atom. The van der Waals surface area contributed by atoms with Crippen molar-refractivity contribution in [3.05, 3.63) is 54.0 Å². The van der Waals surface area contributed by atoms with Crippen LogP contribution in [0.15, 0.2) is 42.9 Å². The zero-order valence-corrected chi connectivity index (χ0v) is 19.1. The molecule has 32 heavy (non-hydrogen) atoms. The number of para-hydroxylation sites is 1. The topological polar surface area (TPSA) is 55.5 Å². The van der Waals surface area contributed by atoms with Gasteiger partial charge in [0, 0.05) is 56.0 Å². The summed E-state index contributed by atoms with van der Waals surface area (Å²) in [6.07, 6.45) is 10.2. The summed E-state index contributed by atoms with van der Waals surface area (Å²) in [5.41, 5.74) is 3.29. The van der Waals surface area contributed by atoms with Crippen LogP contribution in [0.1, 0.15) is 36.4 Å². The summed E-state index contributed by atoms with van der Waals surface area (Å²) in [5, 5.41) is 5.55. The first-order chi connectivity index (χ1) is 15.6. The van der Waals surface area contributed by atoms with E-state index < -0.39 is 0 Å². The van der Waals surface area contributed by atoms with Crippen LogP contribution in [0.5, 0.6) is 0 Å². The van der Waals surface area contributed by atoms with Crippen molar-refractivity contribution in [3.8, 4) is 0 Å². The fraction of sp³-hybridized carbons (Fsp3) is 0.520. The SMILES string of the molecule is Cn1cc([C@H]2[C@H](CN3CCCCC3)OCCN2C(=O)Cc2cn(C)c3ccccc23)cn1. The second-order valence-electron chi connectivity index (χ2n) is 9.21. The molecule has 0 aliphatic carbocycles. The molecule has 2 saturated heterocycles. The predicted octanol–water partition coefficient (Wildman–Crippen LogP) is 2.91. The Kier molecular flexibility index (Phi) is 6.02. The van der Waals surface area contributed by atoms with Gasteiger partial charge in [-0.05, 0) is 37.6 Å². The molecular formula is C25H33N5O2. The summed E-state index contributed by atoms with van der Waals surface area (Å²) < 4.78 is 10.2. The molecule has 1 aromatic carbocycles. The summed E-state index contributed by atoms with van der Waals surface area (Å²) in [4.78, 5) is 18.2. The maximum atomic E-state index is 13.7. The number of hydrogen-bond acceptors (Lipinski definition) is 4. The number of carbonyl (C=O) groups excluding carboxylic acids is 1. The van der Waals surface area contributed by atoms with E-state index in [1.807, 2.05) is 48.2 Å². The molecule has 0 bridgehead atoms. The lowest BCUT2D eigenvalue weighted by Crippen LogP contribution is -2.52. The van der Waals surface area contributed by atoms with Gasteiger partial charge >= 0.3 is 0 Å². The summed E-state index contributed by atoms with van der Waals surface area (Å²) in [7, 11) is 3.97. The number of rotatable bonds is 5. The van der Waals surface area contributed by atoms with Gasteiger partial charge in [-0.3, -0.25) is 9.48 Å². The van der Waals surface area contributed by atoms with E-state index in [4.69, 9.17) is 4.74 Å². The Balaban J connectivity index is 1.41. The molecule has 0 radical (unpaired) electrons. The molecule has 0 unspecified atom stereocenters. The second kappa shape index (κ2) is 9.08. The molecule has 0 spiro atoms. The van der Waals surface area contributed by atoms with Crippen molar-refractivity contribution in [1.82, 2.24) is 24.1 Å². The third-order valence-electron chi connectivity index (χ3n) is 6.95. The Bertz CT molecular complexity index is 1080. The normalized spacial score (nSPS) is 22.5. The van der Waals surface area contributed by atoms with Gasteiger partial charge in [-0.2, -0.15) is 5.10 Å². The van der Waals surface area contributed by atoms with E-state index in [-0.39, 0.29) is 18.1 Å². The first-order valence-electron chi connectivity index (χ1n) is 11.7. The number of amides is 1. The number of fused-ring (bicyclic) bond motifs is 1. The molecule has 2 aromatic heterocycles. The molecule has 0 saturated carbocycles. The largest absolute Gasteiger partial charge is 0.373 e. The molecule has 7 heteroatoms. The minimum absolute atomic E-state index is 0.0393. The van der Waals surface area contributed by atoms with E-state index >= 15 is 0 Å². The second-order valence-corrected chi connectivity index (χ2v) is 9.21. The minimum atomic E-state index is -0.109. The Labute approximate surface area is 189 Å². The van der Waals surface area contributed by atoms with Crippen molar-refractivity contribution in [2.45, 2.75) is 37.8 Å². The molecule has 2 aliphatic heterocycles. The molecule has 7 nitrogen and oxygen atoms in total. The number of benzene rings is 1. The van der Waals surface area contributed by atoms with E-state index in [0.29, 0.717) is 19.6 Å². The Morgan fingerprint density at radius 3 is 2.69 bits per heavy atom. The summed E-state index contributed by atoms with van der Waals surface area (Å²) in [5.74, 6) is 0.155. The van der Waals surface area contributed by atoms with Gasteiger partial charge in [-0.25, -0.2) is 0 Å².